The summed E-state index contributed by atoms with van der Waals surface area (Å²) in [5.74, 6) is 0.313. The first-order valence-corrected chi connectivity index (χ1v) is 12.8. The standard InChI is InChI=1S/C30H43N3O4/c1-19(2)14-24(32-26(34)18-37-25-13-11-10-12-20(25)3)28(36)33-31-17-21-15-22(29(4,5)6)27(35)23(16-21)30(7,8)9/h10-13,15-17,19,24,35H,14,18H2,1-9H3,(H,32,34)(H,33,36)/b31-17-/t24-/m1/s1. The number of amides is 2. The van der Waals surface area contributed by atoms with Crippen LogP contribution in [0.3, 0.4) is 0 Å². The molecule has 0 bridgehead atoms. The number of aryl methyl sites for hydroxylation is 1. The average molecular weight is 510 g/mol. The Balaban J connectivity index is 2.14. The van der Waals surface area contributed by atoms with Gasteiger partial charge in [-0.15, -0.1) is 0 Å². The third-order valence-electron chi connectivity index (χ3n) is 5.95. The Labute approximate surface area is 221 Å². The number of hydrogen-bond acceptors (Lipinski definition) is 5. The van der Waals surface area contributed by atoms with E-state index in [1.54, 1.807) is 12.3 Å². The maximum atomic E-state index is 12.9. The van der Waals surface area contributed by atoms with Crippen LogP contribution >= 0.6 is 0 Å². The number of nitrogens with zero attached hydrogens (tertiary/aromatic N) is 1. The smallest absolute Gasteiger partial charge is 0.262 e. The van der Waals surface area contributed by atoms with Crippen molar-refractivity contribution >= 4 is 18.0 Å². The van der Waals surface area contributed by atoms with Crippen molar-refractivity contribution in [2.75, 3.05) is 6.61 Å². The van der Waals surface area contributed by atoms with Crippen LogP contribution in [-0.4, -0.2) is 35.8 Å². The summed E-state index contributed by atoms with van der Waals surface area (Å²) in [5.41, 5.74) is 5.34. The Morgan fingerprint density at radius 2 is 1.59 bits per heavy atom. The summed E-state index contributed by atoms with van der Waals surface area (Å²) in [7, 11) is 0. The van der Waals surface area contributed by atoms with Crippen LogP contribution in [0.5, 0.6) is 11.5 Å². The minimum Gasteiger partial charge on any atom is -0.507 e. The Bertz CT molecular complexity index is 1090. The molecule has 202 valence electrons. The predicted octanol–water partition coefficient (Wildman–Crippen LogP) is 5.36. The molecule has 2 aromatic rings. The molecule has 0 aliphatic rings. The lowest BCUT2D eigenvalue weighted by Crippen LogP contribution is -2.47. The fraction of sp³-hybridized carbons (Fsp3) is 0.500. The summed E-state index contributed by atoms with van der Waals surface area (Å²) in [5, 5.41) is 17.8. The van der Waals surface area contributed by atoms with Crippen LogP contribution in [-0.2, 0) is 20.4 Å². The van der Waals surface area contributed by atoms with Crippen LogP contribution in [0.25, 0.3) is 0 Å². The maximum absolute atomic E-state index is 12.9. The largest absolute Gasteiger partial charge is 0.507 e. The molecule has 0 aliphatic heterocycles. The molecule has 2 rings (SSSR count). The number of carbonyl (C=O) groups is 2. The molecule has 0 saturated heterocycles. The second-order valence-electron chi connectivity index (χ2n) is 12.0. The zero-order chi connectivity index (χ0) is 28.0. The number of benzene rings is 2. The van der Waals surface area contributed by atoms with Gasteiger partial charge in [-0.05, 0) is 59.4 Å². The van der Waals surface area contributed by atoms with Crippen molar-refractivity contribution in [3.05, 3.63) is 58.7 Å². The lowest BCUT2D eigenvalue weighted by Gasteiger charge is -2.27. The molecular formula is C30H43N3O4. The molecule has 0 fully saturated rings. The monoisotopic (exact) mass is 509 g/mol. The highest BCUT2D eigenvalue weighted by Gasteiger charge is 2.26. The first-order valence-electron chi connectivity index (χ1n) is 12.8. The predicted molar refractivity (Wildman–Crippen MR) is 149 cm³/mol. The number of hydrazone groups is 1. The van der Waals surface area contributed by atoms with E-state index in [0.29, 0.717) is 12.2 Å². The normalized spacial score (nSPS) is 13.0. The summed E-state index contributed by atoms with van der Waals surface area (Å²) >= 11 is 0. The van der Waals surface area contributed by atoms with Crippen molar-refractivity contribution in [2.45, 2.75) is 85.6 Å². The topological polar surface area (TPSA) is 100 Å². The molecule has 0 unspecified atom stereocenters. The van der Waals surface area contributed by atoms with E-state index in [9.17, 15) is 14.7 Å². The first-order chi connectivity index (χ1) is 17.1. The van der Waals surface area contributed by atoms with Gasteiger partial charge in [-0.3, -0.25) is 9.59 Å². The van der Waals surface area contributed by atoms with Gasteiger partial charge in [0.1, 0.15) is 17.5 Å². The average Bonchev–Trinajstić information content (AvgIpc) is 2.77. The van der Waals surface area contributed by atoms with E-state index in [1.807, 2.05) is 92.6 Å². The minimum absolute atomic E-state index is 0.179. The Kier molecular flexibility index (Phi) is 9.90. The second-order valence-corrected chi connectivity index (χ2v) is 12.0. The second kappa shape index (κ2) is 12.3. The van der Waals surface area contributed by atoms with Crippen molar-refractivity contribution in [3.63, 3.8) is 0 Å². The van der Waals surface area contributed by atoms with Crippen molar-refractivity contribution in [1.82, 2.24) is 10.7 Å². The van der Waals surface area contributed by atoms with Crippen LogP contribution in [0.15, 0.2) is 41.5 Å². The van der Waals surface area contributed by atoms with E-state index in [0.717, 1.165) is 22.3 Å². The number of ether oxygens (including phenoxy) is 1. The third-order valence-corrected chi connectivity index (χ3v) is 5.95. The van der Waals surface area contributed by atoms with Crippen LogP contribution in [0, 0.1) is 12.8 Å². The lowest BCUT2D eigenvalue weighted by molar-refractivity contribution is -0.130. The van der Waals surface area contributed by atoms with E-state index in [2.05, 4.69) is 15.8 Å². The van der Waals surface area contributed by atoms with Gasteiger partial charge in [0.05, 0.1) is 6.21 Å². The van der Waals surface area contributed by atoms with Crippen LogP contribution < -0.4 is 15.5 Å². The maximum Gasteiger partial charge on any atom is 0.262 e. The van der Waals surface area contributed by atoms with E-state index in [4.69, 9.17) is 4.74 Å². The molecule has 0 heterocycles. The van der Waals surface area contributed by atoms with Crippen molar-refractivity contribution in [2.24, 2.45) is 11.0 Å². The number of phenolic OH excluding ortho intramolecular Hbond substituents is 1. The third kappa shape index (κ3) is 8.92. The molecular weight excluding hydrogens is 466 g/mol. The van der Waals surface area contributed by atoms with Crippen molar-refractivity contribution < 1.29 is 19.4 Å². The number of para-hydroxylation sites is 1. The molecule has 7 nitrogen and oxygen atoms in total. The highest BCUT2D eigenvalue weighted by Crippen LogP contribution is 2.39. The Morgan fingerprint density at radius 1 is 1.03 bits per heavy atom. The Hall–Kier alpha value is -3.35. The summed E-state index contributed by atoms with van der Waals surface area (Å²) in [6, 6.07) is 10.5. The minimum atomic E-state index is -0.750. The molecule has 1 atom stereocenters. The van der Waals surface area contributed by atoms with E-state index in [-0.39, 0.29) is 35.0 Å². The molecule has 0 aliphatic carbocycles. The highest BCUT2D eigenvalue weighted by molar-refractivity contribution is 5.89. The zero-order valence-corrected chi connectivity index (χ0v) is 23.7. The van der Waals surface area contributed by atoms with Gasteiger partial charge in [0.15, 0.2) is 6.61 Å². The summed E-state index contributed by atoms with van der Waals surface area (Å²) in [6.07, 6.45) is 2.02. The number of hydrogen-bond donors (Lipinski definition) is 3. The number of phenols is 1. The fourth-order valence-corrected chi connectivity index (χ4v) is 3.92. The van der Waals surface area contributed by atoms with Gasteiger partial charge in [-0.1, -0.05) is 73.6 Å². The first kappa shape index (κ1) is 29.9. The van der Waals surface area contributed by atoms with Gasteiger partial charge in [0.2, 0.25) is 0 Å². The SMILES string of the molecule is Cc1ccccc1OCC(=O)N[C@H](CC(C)C)C(=O)N/N=C\c1cc(C(C)(C)C)c(O)c(C(C)(C)C)c1. The summed E-state index contributed by atoms with van der Waals surface area (Å²) in [4.78, 5) is 25.5. The van der Waals surface area contributed by atoms with Crippen molar-refractivity contribution in [1.29, 1.82) is 0 Å². The number of nitrogens with one attached hydrogen (secondary N) is 2. The van der Waals surface area contributed by atoms with Gasteiger partial charge in [0.25, 0.3) is 11.8 Å². The van der Waals surface area contributed by atoms with E-state index < -0.39 is 11.9 Å². The van der Waals surface area contributed by atoms with Gasteiger partial charge in [0, 0.05) is 11.1 Å². The summed E-state index contributed by atoms with van der Waals surface area (Å²) in [6.45, 7) is 17.9. The van der Waals surface area contributed by atoms with Crippen LogP contribution in [0.2, 0.25) is 0 Å². The fourth-order valence-electron chi connectivity index (χ4n) is 3.92. The summed E-state index contributed by atoms with van der Waals surface area (Å²) < 4.78 is 5.62. The molecule has 0 radical (unpaired) electrons. The van der Waals surface area contributed by atoms with Crippen molar-refractivity contribution in [3.8, 4) is 11.5 Å². The zero-order valence-electron chi connectivity index (χ0n) is 23.7. The van der Waals surface area contributed by atoms with Gasteiger partial charge in [-0.25, -0.2) is 5.43 Å². The molecule has 2 aromatic carbocycles. The quantitative estimate of drug-likeness (QED) is 0.313. The number of aromatic hydroxyl groups is 1. The van der Waals surface area contributed by atoms with Gasteiger partial charge < -0.3 is 15.2 Å². The van der Waals surface area contributed by atoms with Crippen LogP contribution in [0.1, 0.15) is 84.1 Å². The Morgan fingerprint density at radius 3 is 2.11 bits per heavy atom. The molecule has 0 aromatic heterocycles. The number of rotatable bonds is 9. The molecule has 0 spiro atoms. The lowest BCUT2D eigenvalue weighted by atomic mass is 9.78. The van der Waals surface area contributed by atoms with E-state index >= 15 is 0 Å². The van der Waals surface area contributed by atoms with Crippen LogP contribution in [0.4, 0.5) is 0 Å². The van der Waals surface area contributed by atoms with Gasteiger partial charge in [-0.2, -0.15) is 5.10 Å². The molecule has 37 heavy (non-hydrogen) atoms. The van der Waals surface area contributed by atoms with Gasteiger partial charge >= 0.3 is 0 Å². The number of carbonyl (C=O) groups excluding carboxylic acids is 2. The van der Waals surface area contributed by atoms with E-state index in [1.165, 1.54) is 0 Å². The highest BCUT2D eigenvalue weighted by atomic mass is 16.5. The molecule has 7 heteroatoms. The molecule has 0 saturated carbocycles. The molecule has 2 amide bonds. The molecule has 3 N–H and O–H groups in total.